The lowest BCUT2D eigenvalue weighted by Crippen LogP contribution is -2.45. The standard InChI is InChI=1S/C18H20FN3O4.C8H10N2S/c1-10-9-26-17-14-11(16(23)12(18(24)25)8-22(10)14)7-13(19)15(17)21-5-3-20(2)4-6-21;1-2-7-5-6(8(9)11)3-4-10-7/h7-8,10H,3-6,9H2,1-2H3,(H,24,25);3-5H,2H2,1H3,(H2,9,11)/t10-;/m0./s1. The summed E-state index contributed by atoms with van der Waals surface area (Å²) in [5.74, 6) is -1.54. The maximum absolute atomic E-state index is 15.0. The van der Waals surface area contributed by atoms with Crippen LogP contribution in [0.15, 0.2) is 35.4 Å². The molecule has 11 heteroatoms. The molecule has 0 aliphatic carbocycles. The molecule has 2 aliphatic heterocycles. The van der Waals surface area contributed by atoms with Crippen molar-refractivity contribution in [2.24, 2.45) is 5.73 Å². The van der Waals surface area contributed by atoms with Gasteiger partial charge in [0.2, 0.25) is 5.43 Å². The SMILES string of the molecule is CCc1cc(C(N)=S)ccn1.C[C@H]1COc2c(N3CCN(C)CC3)c(F)cc3c(=O)c(C(=O)O)cn1c23. The minimum Gasteiger partial charge on any atom is -0.487 e. The summed E-state index contributed by atoms with van der Waals surface area (Å²) in [5.41, 5.74) is 7.14. The highest BCUT2D eigenvalue weighted by Gasteiger charge is 2.30. The topological polar surface area (TPSA) is 114 Å². The second-order valence-corrected chi connectivity index (χ2v) is 9.66. The Labute approximate surface area is 219 Å². The first-order valence-electron chi connectivity index (χ1n) is 12.1. The molecule has 0 amide bonds. The number of rotatable bonds is 4. The molecule has 3 N–H and O–H groups in total. The van der Waals surface area contributed by atoms with Gasteiger partial charge in [-0.05, 0) is 38.6 Å². The molecule has 1 saturated heterocycles. The van der Waals surface area contributed by atoms with Gasteiger partial charge < -0.3 is 29.9 Å². The van der Waals surface area contributed by atoms with Crippen LogP contribution in [0.1, 0.15) is 41.5 Å². The number of carbonyl (C=O) groups is 1. The van der Waals surface area contributed by atoms with Crippen molar-refractivity contribution in [2.45, 2.75) is 26.3 Å². The number of thiocarbonyl (C=S) groups is 1. The van der Waals surface area contributed by atoms with Crippen LogP contribution in [0.3, 0.4) is 0 Å². The summed E-state index contributed by atoms with van der Waals surface area (Å²) in [6, 6.07) is 4.73. The third-order valence-corrected chi connectivity index (χ3v) is 6.89. The lowest BCUT2D eigenvalue weighted by molar-refractivity contribution is 0.0694. The van der Waals surface area contributed by atoms with Crippen molar-refractivity contribution >= 4 is 39.8 Å². The number of hydrogen-bond donors (Lipinski definition) is 2. The van der Waals surface area contributed by atoms with Gasteiger partial charge in [0, 0.05) is 49.8 Å². The highest BCUT2D eigenvalue weighted by molar-refractivity contribution is 7.80. The number of pyridine rings is 2. The summed E-state index contributed by atoms with van der Waals surface area (Å²) in [6.07, 6.45) is 3.99. The van der Waals surface area contributed by atoms with E-state index in [0.29, 0.717) is 35.0 Å². The number of hydrogen-bond acceptors (Lipinski definition) is 7. The number of ether oxygens (including phenoxy) is 1. The van der Waals surface area contributed by atoms with E-state index in [1.807, 2.05) is 37.9 Å². The molecule has 1 atom stereocenters. The number of aromatic carboxylic acids is 1. The first-order valence-corrected chi connectivity index (χ1v) is 12.5. The zero-order valence-electron chi connectivity index (χ0n) is 21.0. The van der Waals surface area contributed by atoms with Gasteiger partial charge in [0.25, 0.3) is 0 Å². The first-order chi connectivity index (χ1) is 17.6. The number of anilines is 1. The van der Waals surface area contributed by atoms with Crippen molar-refractivity contribution in [1.29, 1.82) is 0 Å². The average molecular weight is 528 g/mol. The Morgan fingerprint density at radius 2 is 2.00 bits per heavy atom. The number of nitrogens with zero attached hydrogens (tertiary/aromatic N) is 4. The van der Waals surface area contributed by atoms with Gasteiger partial charge >= 0.3 is 5.97 Å². The van der Waals surface area contributed by atoms with Crippen molar-refractivity contribution in [3.63, 3.8) is 0 Å². The largest absolute Gasteiger partial charge is 0.487 e. The van der Waals surface area contributed by atoms with Gasteiger partial charge in [0.15, 0.2) is 11.6 Å². The van der Waals surface area contributed by atoms with Crippen LogP contribution in [0, 0.1) is 5.82 Å². The number of aryl methyl sites for hydroxylation is 1. The molecule has 196 valence electrons. The van der Waals surface area contributed by atoms with Crippen molar-refractivity contribution in [3.8, 4) is 5.75 Å². The lowest BCUT2D eigenvalue weighted by atomic mass is 10.1. The van der Waals surface area contributed by atoms with E-state index in [1.165, 1.54) is 6.20 Å². The molecule has 0 saturated carbocycles. The summed E-state index contributed by atoms with van der Waals surface area (Å²) in [6.45, 7) is 7.12. The molecule has 0 spiro atoms. The number of carboxylic acids is 1. The number of carboxylic acid groups (broad SMARTS) is 1. The number of halogens is 1. The van der Waals surface area contributed by atoms with Crippen LogP contribution in [0.5, 0.6) is 5.75 Å². The third kappa shape index (κ3) is 5.28. The average Bonchev–Trinajstić information content (AvgIpc) is 2.88. The molecule has 9 nitrogen and oxygen atoms in total. The van der Waals surface area contributed by atoms with Gasteiger partial charge in [-0.25, -0.2) is 9.18 Å². The van der Waals surface area contributed by atoms with Gasteiger partial charge in [0.1, 0.15) is 22.8 Å². The molecule has 5 rings (SSSR count). The summed E-state index contributed by atoms with van der Waals surface area (Å²) < 4.78 is 22.6. The van der Waals surface area contributed by atoms with E-state index in [-0.39, 0.29) is 23.6 Å². The van der Waals surface area contributed by atoms with E-state index < -0.39 is 17.2 Å². The van der Waals surface area contributed by atoms with Crippen LogP contribution in [-0.4, -0.2) is 70.3 Å². The molecule has 2 aliphatic rings. The first kappa shape index (κ1) is 26.5. The van der Waals surface area contributed by atoms with E-state index in [1.54, 1.807) is 10.8 Å². The van der Waals surface area contributed by atoms with Crippen LogP contribution < -0.4 is 20.8 Å². The minimum absolute atomic E-state index is 0.0434. The molecule has 4 heterocycles. The van der Waals surface area contributed by atoms with Crippen LogP contribution in [0.2, 0.25) is 0 Å². The minimum atomic E-state index is -1.32. The van der Waals surface area contributed by atoms with Crippen LogP contribution in [0.4, 0.5) is 10.1 Å². The maximum Gasteiger partial charge on any atom is 0.341 e. The van der Waals surface area contributed by atoms with Crippen LogP contribution >= 0.6 is 12.2 Å². The van der Waals surface area contributed by atoms with Gasteiger partial charge in [-0.3, -0.25) is 9.78 Å². The van der Waals surface area contributed by atoms with Gasteiger partial charge in [-0.2, -0.15) is 0 Å². The molecule has 1 fully saturated rings. The van der Waals surface area contributed by atoms with E-state index in [0.717, 1.165) is 36.8 Å². The molecule has 0 unspecified atom stereocenters. The predicted octanol–water partition coefficient (Wildman–Crippen LogP) is 2.82. The second-order valence-electron chi connectivity index (χ2n) is 9.22. The zero-order chi connectivity index (χ0) is 26.9. The van der Waals surface area contributed by atoms with E-state index >= 15 is 0 Å². The van der Waals surface area contributed by atoms with Gasteiger partial charge in [-0.1, -0.05) is 19.1 Å². The molecular formula is C26H30FN5O4S. The monoisotopic (exact) mass is 527 g/mol. The Morgan fingerprint density at radius 1 is 1.30 bits per heavy atom. The smallest absolute Gasteiger partial charge is 0.341 e. The summed E-state index contributed by atoms with van der Waals surface area (Å²) in [7, 11) is 2.02. The summed E-state index contributed by atoms with van der Waals surface area (Å²) in [4.78, 5) is 32.6. The maximum atomic E-state index is 15.0. The molecule has 0 radical (unpaired) electrons. The molecule has 3 aromatic rings. The van der Waals surface area contributed by atoms with E-state index in [2.05, 4.69) is 9.88 Å². The van der Waals surface area contributed by atoms with Crippen molar-refractivity contribution in [1.82, 2.24) is 14.5 Å². The van der Waals surface area contributed by atoms with Crippen molar-refractivity contribution in [3.05, 3.63) is 63.5 Å². The number of aromatic nitrogens is 2. The van der Waals surface area contributed by atoms with Crippen LogP contribution in [0.25, 0.3) is 10.9 Å². The fourth-order valence-corrected chi connectivity index (χ4v) is 4.64. The summed E-state index contributed by atoms with van der Waals surface area (Å²) in [5, 5.41) is 9.36. The Morgan fingerprint density at radius 3 is 2.62 bits per heavy atom. The fourth-order valence-electron chi connectivity index (χ4n) is 4.51. The molecule has 1 aromatic carbocycles. The Balaban J connectivity index is 0.000000245. The van der Waals surface area contributed by atoms with Crippen molar-refractivity contribution in [2.75, 3.05) is 44.7 Å². The number of likely N-dealkylation sites (N-methyl/N-ethyl adjacent to an activating group) is 1. The summed E-state index contributed by atoms with van der Waals surface area (Å²) >= 11 is 4.82. The van der Waals surface area contributed by atoms with Gasteiger partial charge in [0.05, 0.1) is 16.9 Å². The quantitative estimate of drug-likeness (QED) is 0.495. The zero-order valence-corrected chi connectivity index (χ0v) is 21.8. The van der Waals surface area contributed by atoms with Crippen LogP contribution in [-0.2, 0) is 6.42 Å². The van der Waals surface area contributed by atoms with E-state index in [9.17, 15) is 19.1 Å². The Bertz CT molecular complexity index is 1420. The third-order valence-electron chi connectivity index (χ3n) is 6.66. The molecular weight excluding hydrogens is 497 g/mol. The van der Waals surface area contributed by atoms with E-state index in [4.69, 9.17) is 22.7 Å². The fraction of sp³-hybridized carbons (Fsp3) is 0.385. The highest BCUT2D eigenvalue weighted by atomic mass is 32.1. The predicted molar refractivity (Wildman–Crippen MR) is 145 cm³/mol. The second kappa shape index (κ2) is 10.8. The van der Waals surface area contributed by atoms with Gasteiger partial charge in [-0.15, -0.1) is 0 Å². The Hall–Kier alpha value is -3.57. The number of nitrogens with two attached hydrogens (primary N) is 1. The molecule has 2 aromatic heterocycles. The van der Waals surface area contributed by atoms with Crippen molar-refractivity contribution < 1.29 is 19.0 Å². The highest BCUT2D eigenvalue weighted by Crippen LogP contribution is 2.42. The molecule has 0 bridgehead atoms. The normalized spacial score (nSPS) is 17.1. The number of benzene rings is 1. The number of piperazine rings is 1. The Kier molecular flexibility index (Phi) is 7.74. The lowest BCUT2D eigenvalue weighted by Gasteiger charge is -2.37. The molecule has 37 heavy (non-hydrogen) atoms.